The Morgan fingerprint density at radius 2 is 1.72 bits per heavy atom. The Kier molecular flexibility index (Phi) is 5.54. The summed E-state index contributed by atoms with van der Waals surface area (Å²) >= 11 is 0. The summed E-state index contributed by atoms with van der Waals surface area (Å²) in [5.41, 5.74) is 3.28. The lowest BCUT2D eigenvalue weighted by molar-refractivity contribution is -0.144. The van der Waals surface area contributed by atoms with Crippen molar-refractivity contribution in [3.8, 4) is 0 Å². The van der Waals surface area contributed by atoms with E-state index in [0.29, 0.717) is 51.9 Å². The van der Waals surface area contributed by atoms with Gasteiger partial charge < -0.3 is 10.2 Å². The molecule has 0 aromatic heterocycles. The van der Waals surface area contributed by atoms with Crippen molar-refractivity contribution in [1.82, 2.24) is 0 Å². The van der Waals surface area contributed by atoms with Crippen molar-refractivity contribution in [3.63, 3.8) is 0 Å². The van der Waals surface area contributed by atoms with Crippen molar-refractivity contribution >= 4 is 0 Å². The predicted molar refractivity (Wildman–Crippen MR) is 132 cm³/mol. The Hall–Kier alpha value is -0.340. The quantitative estimate of drug-likeness (QED) is 0.435. The van der Waals surface area contributed by atoms with E-state index in [0.717, 1.165) is 31.1 Å². The third kappa shape index (κ3) is 2.84. The van der Waals surface area contributed by atoms with Crippen LogP contribution in [0, 0.1) is 57.2 Å². The molecule has 5 saturated carbocycles. The summed E-state index contributed by atoms with van der Waals surface area (Å²) in [6.07, 6.45) is 14.1. The van der Waals surface area contributed by atoms with Gasteiger partial charge in [-0.1, -0.05) is 46.8 Å². The first kappa shape index (κ1) is 23.4. The molecule has 5 rings (SSSR count). The van der Waals surface area contributed by atoms with E-state index in [9.17, 15) is 10.2 Å². The molecule has 10 atom stereocenters. The number of hydrogen-bond acceptors (Lipinski definition) is 2. The molecule has 0 unspecified atom stereocenters. The smallest absolute Gasteiger partial charge is 0.0568 e. The van der Waals surface area contributed by atoms with E-state index in [4.69, 9.17) is 0 Å². The van der Waals surface area contributed by atoms with Gasteiger partial charge in [-0.2, -0.15) is 0 Å². The summed E-state index contributed by atoms with van der Waals surface area (Å²) in [6.45, 7) is 16.8. The molecule has 0 saturated heterocycles. The molecule has 0 aliphatic heterocycles. The fraction of sp³-hybridized carbons (Fsp3) is 0.933. The molecule has 2 spiro atoms. The average Bonchev–Trinajstić information content (AvgIpc) is 3.35. The molecular weight excluding hydrogens is 392 g/mol. The van der Waals surface area contributed by atoms with Crippen LogP contribution in [0.4, 0.5) is 0 Å². The van der Waals surface area contributed by atoms with Crippen LogP contribution in [0.2, 0.25) is 0 Å². The summed E-state index contributed by atoms with van der Waals surface area (Å²) in [6, 6.07) is 0. The molecule has 2 heteroatoms. The minimum Gasteiger partial charge on any atom is -0.396 e. The van der Waals surface area contributed by atoms with Gasteiger partial charge in [0.1, 0.15) is 0 Å². The van der Waals surface area contributed by atoms with Crippen molar-refractivity contribution in [1.29, 1.82) is 0 Å². The molecular formula is C30H50O2. The molecule has 0 heterocycles. The number of fused-ring (bicyclic) bond motifs is 2. The highest BCUT2D eigenvalue weighted by Gasteiger charge is 2.81. The second-order valence-corrected chi connectivity index (χ2v) is 14.0. The zero-order valence-corrected chi connectivity index (χ0v) is 21.6. The minimum atomic E-state index is -0.0639. The summed E-state index contributed by atoms with van der Waals surface area (Å²) in [5, 5.41) is 21.1. The highest BCUT2D eigenvalue weighted by Crippen LogP contribution is 2.88. The van der Waals surface area contributed by atoms with Gasteiger partial charge in [0.15, 0.2) is 0 Å². The molecule has 0 radical (unpaired) electrons. The maximum Gasteiger partial charge on any atom is 0.0568 e. The number of aliphatic hydroxyl groups excluding tert-OH is 2. The molecule has 5 fully saturated rings. The lowest BCUT2D eigenvalue weighted by Gasteiger charge is -2.62. The number of aliphatic hydroxyl groups is 2. The fourth-order valence-corrected chi connectivity index (χ4v) is 10.9. The van der Waals surface area contributed by atoms with E-state index in [2.05, 4.69) is 41.2 Å². The third-order valence-electron chi connectivity index (χ3n) is 13.2. The van der Waals surface area contributed by atoms with Crippen LogP contribution in [-0.2, 0) is 0 Å². The van der Waals surface area contributed by atoms with Crippen LogP contribution in [0.15, 0.2) is 12.2 Å². The topological polar surface area (TPSA) is 40.5 Å². The van der Waals surface area contributed by atoms with Gasteiger partial charge in [0.2, 0.25) is 0 Å². The summed E-state index contributed by atoms with van der Waals surface area (Å²) in [5.74, 6) is 3.76. The first-order valence-electron chi connectivity index (χ1n) is 14.0. The van der Waals surface area contributed by atoms with Crippen LogP contribution in [0.3, 0.4) is 0 Å². The highest BCUT2D eigenvalue weighted by molar-refractivity contribution is 5.29. The Morgan fingerprint density at radius 3 is 2.41 bits per heavy atom. The highest BCUT2D eigenvalue weighted by atomic mass is 16.3. The largest absolute Gasteiger partial charge is 0.396 e. The molecule has 5 aliphatic rings. The molecule has 182 valence electrons. The predicted octanol–water partition coefficient (Wildman–Crippen LogP) is 7.00. The number of hydrogen-bond donors (Lipinski definition) is 2. The molecule has 32 heavy (non-hydrogen) atoms. The van der Waals surface area contributed by atoms with Crippen LogP contribution >= 0.6 is 0 Å². The van der Waals surface area contributed by atoms with Crippen molar-refractivity contribution < 1.29 is 10.2 Å². The van der Waals surface area contributed by atoms with Crippen molar-refractivity contribution in [2.75, 3.05) is 6.61 Å². The Labute approximate surface area is 197 Å². The zero-order valence-electron chi connectivity index (χ0n) is 21.6. The summed E-state index contributed by atoms with van der Waals surface area (Å²) in [7, 11) is 0. The third-order valence-corrected chi connectivity index (χ3v) is 13.2. The first-order valence-corrected chi connectivity index (χ1v) is 14.0. The van der Waals surface area contributed by atoms with Gasteiger partial charge in [0, 0.05) is 6.61 Å². The van der Waals surface area contributed by atoms with E-state index in [1.807, 2.05) is 0 Å². The van der Waals surface area contributed by atoms with E-state index in [1.165, 1.54) is 56.9 Å². The van der Waals surface area contributed by atoms with Crippen LogP contribution in [0.1, 0.15) is 105 Å². The molecule has 0 aromatic rings. The van der Waals surface area contributed by atoms with E-state index >= 15 is 0 Å². The second-order valence-electron chi connectivity index (χ2n) is 14.0. The Balaban J connectivity index is 1.39. The summed E-state index contributed by atoms with van der Waals surface area (Å²) in [4.78, 5) is 0. The van der Waals surface area contributed by atoms with Gasteiger partial charge in [-0.05, 0) is 128 Å². The molecule has 2 N–H and O–H groups in total. The lowest BCUT2D eigenvalue weighted by Crippen LogP contribution is -2.56. The summed E-state index contributed by atoms with van der Waals surface area (Å²) < 4.78 is 0. The first-order chi connectivity index (χ1) is 15.1. The van der Waals surface area contributed by atoms with E-state index in [1.54, 1.807) is 0 Å². The monoisotopic (exact) mass is 442 g/mol. The Morgan fingerprint density at radius 1 is 0.969 bits per heavy atom. The van der Waals surface area contributed by atoms with Gasteiger partial charge in [0.25, 0.3) is 0 Å². The molecule has 0 bridgehead atoms. The SMILES string of the molecule is C=C(CC[C@@H](CO)[C@H]1CC[C@@]2(C)[C@@H]3CC[C@H]4[C@H](C)[C@@H](O)CC[C@@]45C[C@@]35CC[C@]12C)C(C)C. The normalized spacial score (nSPS) is 52.6. The maximum atomic E-state index is 10.6. The van der Waals surface area contributed by atoms with Gasteiger partial charge in [0.05, 0.1) is 6.10 Å². The van der Waals surface area contributed by atoms with Crippen molar-refractivity contribution in [3.05, 3.63) is 12.2 Å². The van der Waals surface area contributed by atoms with Crippen LogP contribution in [0.25, 0.3) is 0 Å². The van der Waals surface area contributed by atoms with Crippen LogP contribution in [-0.4, -0.2) is 22.9 Å². The molecule has 0 amide bonds. The second kappa shape index (κ2) is 7.58. The standard InChI is InChI=1S/C30H50O2/c1-19(2)20(3)7-8-22(17-31)24-11-13-28(6)26-10-9-23-21(4)25(32)12-14-29(23)18-30(26,29)16-15-27(24,28)5/h19,21-26,31-32H,3,7-18H2,1-2,4-6H3/t21-,22-,23-,24+,25-,26-,27+,28-,29+,30-/m0/s1. The van der Waals surface area contributed by atoms with Crippen molar-refractivity contribution in [2.45, 2.75) is 111 Å². The fourth-order valence-electron chi connectivity index (χ4n) is 10.9. The minimum absolute atomic E-state index is 0.0639. The lowest BCUT2D eigenvalue weighted by atomic mass is 9.43. The number of rotatable bonds is 6. The van der Waals surface area contributed by atoms with Gasteiger partial charge in [-0.3, -0.25) is 0 Å². The average molecular weight is 443 g/mol. The van der Waals surface area contributed by atoms with Crippen molar-refractivity contribution in [2.24, 2.45) is 57.2 Å². The van der Waals surface area contributed by atoms with Crippen LogP contribution in [0.5, 0.6) is 0 Å². The maximum absolute atomic E-state index is 10.6. The van der Waals surface area contributed by atoms with Gasteiger partial charge in [-0.15, -0.1) is 0 Å². The number of allylic oxidation sites excluding steroid dienone is 1. The van der Waals surface area contributed by atoms with Gasteiger partial charge >= 0.3 is 0 Å². The zero-order chi connectivity index (χ0) is 23.1. The Bertz CT molecular complexity index is 758. The van der Waals surface area contributed by atoms with Crippen LogP contribution < -0.4 is 0 Å². The molecule has 2 nitrogen and oxygen atoms in total. The molecule has 0 aromatic carbocycles. The molecule has 5 aliphatic carbocycles. The van der Waals surface area contributed by atoms with Gasteiger partial charge in [-0.25, -0.2) is 0 Å². The van der Waals surface area contributed by atoms with E-state index < -0.39 is 0 Å². The van der Waals surface area contributed by atoms with E-state index in [-0.39, 0.29) is 6.10 Å².